The van der Waals surface area contributed by atoms with Crippen molar-refractivity contribution in [3.05, 3.63) is 102 Å². The molecule has 1 aliphatic rings. The highest BCUT2D eigenvalue weighted by molar-refractivity contribution is 6.18. The van der Waals surface area contributed by atoms with Gasteiger partial charge in [-0.25, -0.2) is 14.4 Å². The highest BCUT2D eigenvalue weighted by Gasteiger charge is 2.38. The van der Waals surface area contributed by atoms with Crippen LogP contribution in [0.4, 0.5) is 0 Å². The fourth-order valence-electron chi connectivity index (χ4n) is 7.91. The molecule has 0 fully saturated rings. The lowest BCUT2D eigenvalue weighted by Gasteiger charge is -2.22. The first-order valence-electron chi connectivity index (χ1n) is 14.0. The summed E-state index contributed by atoms with van der Waals surface area (Å²) in [6, 6.07) is 32.2. The minimum Gasteiger partial charge on any atom is -0.456 e. The Morgan fingerprint density at radius 1 is 0.610 bits per heavy atom. The summed E-state index contributed by atoms with van der Waals surface area (Å²) in [6.07, 6.45) is 0. The van der Waals surface area contributed by atoms with Crippen LogP contribution in [0.5, 0.6) is 0 Å². The normalized spacial score (nSPS) is 14.8. The smallest absolute Gasteiger partial charge is 0.223 e. The van der Waals surface area contributed by atoms with Crippen LogP contribution in [0.3, 0.4) is 0 Å². The van der Waals surface area contributed by atoms with E-state index in [0.717, 1.165) is 66.6 Å². The molecular weight excluding hydrogens is 506 g/mol. The summed E-state index contributed by atoms with van der Waals surface area (Å²) < 4.78 is 13.1. The first-order chi connectivity index (χ1) is 20.1. The average molecular weight is 528 g/mol. The van der Waals surface area contributed by atoms with Gasteiger partial charge in [-0.05, 0) is 58.7 Å². The number of hydrogen-bond donors (Lipinski definition) is 0. The second kappa shape index (κ2) is 6.34. The van der Waals surface area contributed by atoms with Gasteiger partial charge in [-0.3, -0.25) is 8.80 Å². The third-order valence-electron chi connectivity index (χ3n) is 9.56. The van der Waals surface area contributed by atoms with Gasteiger partial charge in [-0.15, -0.1) is 0 Å². The highest BCUT2D eigenvalue weighted by atomic mass is 16.3. The maximum Gasteiger partial charge on any atom is 0.223 e. The van der Waals surface area contributed by atoms with Gasteiger partial charge in [0.1, 0.15) is 22.2 Å². The van der Waals surface area contributed by atoms with E-state index in [1.54, 1.807) is 0 Å². The Hall–Kier alpha value is -5.36. The van der Waals surface area contributed by atoms with Gasteiger partial charge in [-0.2, -0.15) is 0 Å². The van der Waals surface area contributed by atoms with E-state index in [-0.39, 0.29) is 5.41 Å². The van der Waals surface area contributed by atoms with Crippen molar-refractivity contribution < 1.29 is 4.42 Å². The zero-order valence-corrected chi connectivity index (χ0v) is 22.3. The van der Waals surface area contributed by atoms with Crippen molar-refractivity contribution in [2.24, 2.45) is 0 Å². The van der Waals surface area contributed by atoms with E-state index in [0.29, 0.717) is 0 Å². The van der Waals surface area contributed by atoms with Crippen molar-refractivity contribution in [1.82, 2.24) is 23.2 Å². The van der Waals surface area contributed by atoms with Gasteiger partial charge in [0.25, 0.3) is 0 Å². The lowest BCUT2D eigenvalue weighted by molar-refractivity contribution is 0.664. The molecular formula is C35H21N5O. The molecule has 0 N–H and O–H groups in total. The predicted molar refractivity (Wildman–Crippen MR) is 163 cm³/mol. The van der Waals surface area contributed by atoms with Crippen molar-refractivity contribution in [3.63, 3.8) is 0 Å². The molecule has 0 unspecified atom stereocenters. The monoisotopic (exact) mass is 527 g/mol. The zero-order chi connectivity index (χ0) is 26.8. The summed E-state index contributed by atoms with van der Waals surface area (Å²) in [7, 11) is 0. The van der Waals surface area contributed by atoms with Crippen LogP contribution in [0.15, 0.2) is 95.4 Å². The molecule has 41 heavy (non-hydrogen) atoms. The summed E-state index contributed by atoms with van der Waals surface area (Å²) in [5.41, 5.74) is 14.6. The molecule has 6 heteroatoms. The maximum absolute atomic E-state index is 6.20. The number of fused-ring (bicyclic) bond motifs is 18. The molecule has 10 aromatic rings. The Bertz CT molecular complexity index is 2780. The molecule has 0 bridgehead atoms. The van der Waals surface area contributed by atoms with Crippen LogP contribution in [-0.2, 0) is 5.41 Å². The van der Waals surface area contributed by atoms with Crippen molar-refractivity contribution in [1.29, 1.82) is 0 Å². The highest BCUT2D eigenvalue weighted by Crippen LogP contribution is 2.51. The molecule has 1 aliphatic carbocycles. The largest absolute Gasteiger partial charge is 0.456 e. The molecule has 6 nitrogen and oxygen atoms in total. The Morgan fingerprint density at radius 3 is 2.34 bits per heavy atom. The molecule has 5 heterocycles. The van der Waals surface area contributed by atoms with Crippen molar-refractivity contribution in [2.45, 2.75) is 19.3 Å². The molecule has 0 aliphatic heterocycles. The Balaban J connectivity index is 1.36. The van der Waals surface area contributed by atoms with E-state index in [9.17, 15) is 0 Å². The third kappa shape index (κ3) is 2.10. The minimum atomic E-state index is -0.140. The van der Waals surface area contributed by atoms with Gasteiger partial charge in [0.15, 0.2) is 0 Å². The van der Waals surface area contributed by atoms with E-state index < -0.39 is 0 Å². The molecule has 11 rings (SSSR count). The van der Waals surface area contributed by atoms with Crippen LogP contribution in [-0.4, -0.2) is 23.2 Å². The van der Waals surface area contributed by atoms with Crippen LogP contribution >= 0.6 is 0 Å². The number of benzene rings is 5. The molecule has 0 atom stereocenters. The molecule has 5 aromatic carbocycles. The fraction of sp³-hybridized carbons (Fsp3) is 0.0857. The Morgan fingerprint density at radius 2 is 1.41 bits per heavy atom. The topological polar surface area (TPSA) is 52.2 Å². The number of para-hydroxylation sites is 2. The van der Waals surface area contributed by atoms with Gasteiger partial charge in [0.05, 0.1) is 33.0 Å². The van der Waals surface area contributed by atoms with Gasteiger partial charge < -0.3 is 4.42 Å². The SMILES string of the molecule is CC1(C)c2ccccc2-c2ccc3nc4n(c5cccc6c5n4c4nc5c7c(ccc5n64)oc4ccccc47)c3c21. The lowest BCUT2D eigenvalue weighted by atomic mass is 9.82. The number of aromatic nitrogens is 5. The molecule has 0 saturated heterocycles. The van der Waals surface area contributed by atoms with Crippen molar-refractivity contribution >= 4 is 72.1 Å². The van der Waals surface area contributed by atoms with Crippen molar-refractivity contribution in [3.8, 4) is 11.1 Å². The van der Waals surface area contributed by atoms with E-state index >= 15 is 0 Å². The summed E-state index contributed by atoms with van der Waals surface area (Å²) >= 11 is 0. The van der Waals surface area contributed by atoms with Gasteiger partial charge in [0.2, 0.25) is 11.6 Å². The lowest BCUT2D eigenvalue weighted by Crippen LogP contribution is -2.16. The molecule has 0 amide bonds. The second-order valence-electron chi connectivity index (χ2n) is 11.9. The molecule has 0 radical (unpaired) electrons. The summed E-state index contributed by atoms with van der Waals surface area (Å²) in [6.45, 7) is 4.68. The first-order valence-corrected chi connectivity index (χ1v) is 14.0. The zero-order valence-electron chi connectivity index (χ0n) is 22.3. The van der Waals surface area contributed by atoms with Gasteiger partial charge in [-0.1, -0.05) is 68.4 Å². The van der Waals surface area contributed by atoms with E-state index in [1.165, 1.54) is 27.8 Å². The Labute approximate surface area is 232 Å². The summed E-state index contributed by atoms with van der Waals surface area (Å²) in [5.74, 6) is 1.76. The third-order valence-corrected chi connectivity index (χ3v) is 9.56. The number of imidazole rings is 4. The van der Waals surface area contributed by atoms with Crippen LogP contribution < -0.4 is 0 Å². The fourth-order valence-corrected chi connectivity index (χ4v) is 7.91. The average Bonchev–Trinajstić information content (AvgIpc) is 3.79. The molecule has 0 spiro atoms. The molecule has 5 aromatic heterocycles. The summed E-state index contributed by atoms with van der Waals surface area (Å²) in [5, 5.41) is 2.15. The van der Waals surface area contributed by atoms with Crippen molar-refractivity contribution in [2.75, 3.05) is 0 Å². The summed E-state index contributed by atoms with van der Waals surface area (Å²) in [4.78, 5) is 10.6. The van der Waals surface area contributed by atoms with Crippen LogP contribution in [0.1, 0.15) is 25.0 Å². The number of furan rings is 1. The molecule has 192 valence electrons. The van der Waals surface area contributed by atoms with Crippen LogP contribution in [0.2, 0.25) is 0 Å². The maximum atomic E-state index is 6.20. The van der Waals surface area contributed by atoms with Gasteiger partial charge >= 0.3 is 0 Å². The minimum absolute atomic E-state index is 0.140. The Kier molecular flexibility index (Phi) is 3.17. The standard InChI is InChI=1S/C35H21N5O/c1-35(2)21-10-5-3-8-18(21)19-14-15-22-31(29(19)35)39-25-12-7-11-24-32(25)40(33(39)36-22)34-37-30-23(38(24)34)16-17-27-28(30)20-9-4-6-13-26(20)41-27/h3-17H,1-2H3. The number of nitrogens with zero attached hydrogens (tertiary/aromatic N) is 5. The second-order valence-corrected chi connectivity index (χ2v) is 11.9. The van der Waals surface area contributed by atoms with E-state index in [1.807, 2.05) is 12.1 Å². The molecule has 0 saturated carbocycles. The quantitative estimate of drug-likeness (QED) is 0.199. The van der Waals surface area contributed by atoms with Crippen LogP contribution in [0.25, 0.3) is 83.2 Å². The van der Waals surface area contributed by atoms with Gasteiger partial charge in [0, 0.05) is 10.8 Å². The number of rotatable bonds is 0. The predicted octanol–water partition coefficient (Wildman–Crippen LogP) is 8.34. The van der Waals surface area contributed by atoms with Crippen LogP contribution in [0, 0.1) is 0 Å². The number of hydrogen-bond acceptors (Lipinski definition) is 3. The first kappa shape index (κ1) is 20.5. The van der Waals surface area contributed by atoms with E-state index in [4.69, 9.17) is 14.4 Å². The van der Waals surface area contributed by atoms with E-state index in [2.05, 4.69) is 106 Å².